The lowest BCUT2D eigenvalue weighted by molar-refractivity contribution is 0.587. The number of halogens is 3. The summed E-state index contributed by atoms with van der Waals surface area (Å²) >= 11 is 7.76. The third-order valence-electron chi connectivity index (χ3n) is 3.51. The van der Waals surface area contributed by atoms with Gasteiger partial charge in [0, 0.05) is 12.1 Å². The predicted molar refractivity (Wildman–Crippen MR) is 82.0 cm³/mol. The fourth-order valence-corrected chi connectivity index (χ4v) is 3.39. The molecular weight excluding hydrogens is 314 g/mol. The first-order valence-corrected chi connectivity index (χ1v) is 7.90. The lowest BCUT2D eigenvalue weighted by Gasteiger charge is -2.17. The first-order chi connectivity index (χ1) is 9.99. The van der Waals surface area contributed by atoms with Gasteiger partial charge in [-0.2, -0.15) is 11.3 Å². The lowest BCUT2D eigenvalue weighted by atomic mass is 10.1. The van der Waals surface area contributed by atoms with Crippen molar-refractivity contribution in [3.63, 3.8) is 0 Å². The molecule has 2 nitrogen and oxygen atoms in total. The molecule has 0 spiro atoms. The van der Waals surface area contributed by atoms with E-state index in [-0.39, 0.29) is 11.6 Å². The molecule has 0 bridgehead atoms. The van der Waals surface area contributed by atoms with Crippen molar-refractivity contribution in [3.05, 3.63) is 52.0 Å². The highest BCUT2D eigenvalue weighted by molar-refractivity contribution is 7.07. The number of thiophene rings is 1. The molecule has 0 aliphatic carbocycles. The van der Waals surface area contributed by atoms with Crippen LogP contribution in [-0.2, 0) is 0 Å². The Kier molecular flexibility index (Phi) is 3.71. The Morgan fingerprint density at radius 1 is 1.29 bits per heavy atom. The molecule has 0 amide bonds. The second-order valence-corrected chi connectivity index (χ2v) is 6.38. The molecule has 0 saturated carbocycles. The van der Waals surface area contributed by atoms with Gasteiger partial charge in [0.25, 0.3) is 0 Å². The number of fused-ring (bicyclic) bond motifs is 1. The summed E-state index contributed by atoms with van der Waals surface area (Å²) in [6.45, 7) is 3.74. The molecule has 0 N–H and O–H groups in total. The van der Waals surface area contributed by atoms with Crippen LogP contribution in [0.2, 0.25) is 0 Å². The van der Waals surface area contributed by atoms with Crippen LogP contribution in [0.3, 0.4) is 0 Å². The van der Waals surface area contributed by atoms with Crippen molar-refractivity contribution < 1.29 is 8.78 Å². The highest BCUT2D eigenvalue weighted by atomic mass is 35.5. The van der Waals surface area contributed by atoms with Gasteiger partial charge in [0.15, 0.2) is 5.82 Å². The molecule has 0 radical (unpaired) electrons. The summed E-state index contributed by atoms with van der Waals surface area (Å²) in [7, 11) is 0. The molecule has 3 rings (SSSR count). The van der Waals surface area contributed by atoms with E-state index in [4.69, 9.17) is 11.6 Å². The molecule has 2 aromatic heterocycles. The minimum absolute atomic E-state index is 0.0985. The molecule has 3 aromatic rings. The van der Waals surface area contributed by atoms with Crippen molar-refractivity contribution >= 4 is 34.0 Å². The summed E-state index contributed by atoms with van der Waals surface area (Å²) in [5.41, 5.74) is 1.64. The van der Waals surface area contributed by atoms with E-state index in [1.165, 1.54) is 6.07 Å². The topological polar surface area (TPSA) is 17.8 Å². The number of benzene rings is 1. The SMILES string of the molecule is CC(Cl)c1nc2c(F)cc(F)cc2n1C(C)c1ccsc1. The second kappa shape index (κ2) is 5.39. The van der Waals surface area contributed by atoms with Gasteiger partial charge in [0.05, 0.1) is 16.9 Å². The minimum Gasteiger partial charge on any atom is -0.319 e. The summed E-state index contributed by atoms with van der Waals surface area (Å²) in [5, 5.41) is 3.58. The number of alkyl halides is 1. The van der Waals surface area contributed by atoms with Crippen LogP contribution in [0, 0.1) is 11.6 Å². The van der Waals surface area contributed by atoms with Crippen LogP contribution in [0.5, 0.6) is 0 Å². The zero-order valence-electron chi connectivity index (χ0n) is 11.5. The number of aromatic nitrogens is 2. The van der Waals surface area contributed by atoms with Gasteiger partial charge in [-0.3, -0.25) is 0 Å². The number of hydrogen-bond acceptors (Lipinski definition) is 2. The van der Waals surface area contributed by atoms with Crippen LogP contribution in [-0.4, -0.2) is 9.55 Å². The Morgan fingerprint density at radius 3 is 2.67 bits per heavy atom. The van der Waals surface area contributed by atoms with Crippen LogP contribution in [0.25, 0.3) is 11.0 Å². The standard InChI is InChI=1S/C15H13ClF2N2S/c1-8(16)15-19-14-12(18)5-11(17)6-13(14)20(15)9(2)10-3-4-21-7-10/h3-9H,1-2H3. The van der Waals surface area contributed by atoms with Crippen molar-refractivity contribution in [1.82, 2.24) is 9.55 Å². The Labute approximate surface area is 130 Å². The van der Waals surface area contributed by atoms with E-state index in [2.05, 4.69) is 4.98 Å². The molecule has 2 atom stereocenters. The number of rotatable bonds is 3. The Morgan fingerprint density at radius 2 is 2.05 bits per heavy atom. The average Bonchev–Trinajstić information content (AvgIpc) is 3.04. The maximum Gasteiger partial charge on any atom is 0.153 e. The van der Waals surface area contributed by atoms with Crippen molar-refractivity contribution in [3.8, 4) is 0 Å². The predicted octanol–water partition coefficient (Wildman–Crippen LogP) is 5.29. The highest BCUT2D eigenvalue weighted by Crippen LogP contribution is 2.33. The van der Waals surface area contributed by atoms with Crippen LogP contribution in [0.1, 0.15) is 36.7 Å². The molecule has 1 aromatic carbocycles. The number of hydrogen-bond donors (Lipinski definition) is 0. The van der Waals surface area contributed by atoms with Crippen LogP contribution >= 0.6 is 22.9 Å². The van der Waals surface area contributed by atoms with Crippen molar-refractivity contribution in [2.45, 2.75) is 25.3 Å². The Bertz CT molecular complexity index is 781. The molecule has 0 saturated heterocycles. The molecule has 21 heavy (non-hydrogen) atoms. The molecule has 6 heteroatoms. The first-order valence-electron chi connectivity index (χ1n) is 6.52. The minimum atomic E-state index is -0.667. The van der Waals surface area contributed by atoms with Gasteiger partial charge >= 0.3 is 0 Å². The summed E-state index contributed by atoms with van der Waals surface area (Å²) in [4.78, 5) is 4.28. The fourth-order valence-electron chi connectivity index (χ4n) is 2.49. The van der Waals surface area contributed by atoms with Crippen LogP contribution < -0.4 is 0 Å². The maximum atomic E-state index is 14.0. The highest BCUT2D eigenvalue weighted by Gasteiger charge is 2.22. The van der Waals surface area contributed by atoms with E-state index in [0.717, 1.165) is 11.6 Å². The van der Waals surface area contributed by atoms with Gasteiger partial charge in [0.1, 0.15) is 17.2 Å². The average molecular weight is 327 g/mol. The molecule has 0 aliphatic heterocycles. The normalized spacial score (nSPS) is 14.5. The Balaban J connectivity index is 2.30. The van der Waals surface area contributed by atoms with Crippen LogP contribution in [0.4, 0.5) is 8.78 Å². The van der Waals surface area contributed by atoms with Gasteiger partial charge < -0.3 is 4.57 Å². The summed E-state index contributed by atoms with van der Waals surface area (Å²) in [5.74, 6) is -0.748. The van der Waals surface area contributed by atoms with Gasteiger partial charge in [-0.05, 0) is 36.2 Å². The van der Waals surface area contributed by atoms with E-state index >= 15 is 0 Å². The van der Waals surface area contributed by atoms with Crippen LogP contribution in [0.15, 0.2) is 29.0 Å². The monoisotopic (exact) mass is 326 g/mol. The summed E-state index contributed by atoms with van der Waals surface area (Å²) < 4.78 is 29.3. The van der Waals surface area contributed by atoms with Crippen molar-refractivity contribution in [2.24, 2.45) is 0 Å². The van der Waals surface area contributed by atoms with Gasteiger partial charge in [-0.25, -0.2) is 13.8 Å². The summed E-state index contributed by atoms with van der Waals surface area (Å²) in [6, 6.07) is 4.03. The molecule has 2 heterocycles. The largest absolute Gasteiger partial charge is 0.319 e. The van der Waals surface area contributed by atoms with Crippen molar-refractivity contribution in [2.75, 3.05) is 0 Å². The lowest BCUT2D eigenvalue weighted by Crippen LogP contribution is -2.10. The quantitative estimate of drug-likeness (QED) is 0.598. The fraction of sp³-hybridized carbons (Fsp3) is 0.267. The molecule has 0 fully saturated rings. The molecule has 0 aliphatic rings. The third-order valence-corrected chi connectivity index (χ3v) is 4.41. The molecule has 2 unspecified atom stereocenters. The zero-order valence-corrected chi connectivity index (χ0v) is 13.1. The van der Waals surface area contributed by atoms with E-state index in [0.29, 0.717) is 11.3 Å². The Hall–Kier alpha value is -1.46. The van der Waals surface area contributed by atoms with Gasteiger partial charge in [-0.15, -0.1) is 11.6 Å². The summed E-state index contributed by atoms with van der Waals surface area (Å²) in [6.07, 6.45) is 0. The molecular formula is C15H13ClF2N2S. The second-order valence-electron chi connectivity index (χ2n) is 4.94. The van der Waals surface area contributed by atoms with E-state index < -0.39 is 17.0 Å². The number of imidazole rings is 1. The van der Waals surface area contributed by atoms with Gasteiger partial charge in [0.2, 0.25) is 0 Å². The first kappa shape index (κ1) is 14.5. The van der Waals surface area contributed by atoms with Gasteiger partial charge in [-0.1, -0.05) is 0 Å². The third kappa shape index (κ3) is 2.45. The van der Waals surface area contributed by atoms with E-state index in [1.807, 2.05) is 23.8 Å². The molecule has 110 valence electrons. The van der Waals surface area contributed by atoms with E-state index in [9.17, 15) is 8.78 Å². The maximum absolute atomic E-state index is 14.0. The van der Waals surface area contributed by atoms with Crippen molar-refractivity contribution in [1.29, 1.82) is 0 Å². The smallest absolute Gasteiger partial charge is 0.153 e. The zero-order chi connectivity index (χ0) is 15.1. The van der Waals surface area contributed by atoms with E-state index in [1.54, 1.807) is 22.8 Å². The number of nitrogens with zero attached hydrogens (tertiary/aromatic N) is 2.